The Hall–Kier alpha value is -5.30. The lowest BCUT2D eigenvalue weighted by molar-refractivity contribution is -0.162. The van der Waals surface area contributed by atoms with Gasteiger partial charge in [-0.1, -0.05) is 57.2 Å². The van der Waals surface area contributed by atoms with E-state index < -0.39 is 101 Å². The SMILES string of the molecule is CON(C)C(=O)/C=C/C=C(\C)[C@@H]1C/C=C/C=C/[C@H](O)[C@H](C)[C@@H](O)[C@@H](CCC(C)=O)C(=O)N[C@@H](C(C)C)C(=O)NC(c2cc(O)c(F)c(F)c2)C(=O)N2CCCC(N2)C(=O)O1. The first-order valence-electron chi connectivity index (χ1n) is 19.7. The molecule has 1 fully saturated rings. The summed E-state index contributed by atoms with van der Waals surface area (Å²) >= 11 is 0. The molecule has 2 aliphatic rings. The molecular weight excluding hydrogens is 788 g/mol. The van der Waals surface area contributed by atoms with E-state index in [2.05, 4.69) is 16.1 Å². The second-order valence-electron chi connectivity index (χ2n) is 15.3. The van der Waals surface area contributed by atoms with Gasteiger partial charge >= 0.3 is 5.97 Å². The number of amides is 4. The molecule has 1 saturated heterocycles. The number of carbonyl (C=O) groups is 6. The summed E-state index contributed by atoms with van der Waals surface area (Å²) in [6.07, 6.45) is 7.04. The van der Waals surface area contributed by atoms with Crippen LogP contribution in [0.25, 0.3) is 0 Å². The smallest absolute Gasteiger partial charge is 0.325 e. The van der Waals surface area contributed by atoms with E-state index in [-0.39, 0.29) is 50.0 Å². The predicted molar refractivity (Wildman–Crippen MR) is 214 cm³/mol. The highest BCUT2D eigenvalue weighted by Crippen LogP contribution is 2.28. The summed E-state index contributed by atoms with van der Waals surface area (Å²) in [5, 5.41) is 39.8. The van der Waals surface area contributed by atoms with Crippen molar-refractivity contribution in [2.45, 2.75) is 103 Å². The van der Waals surface area contributed by atoms with Crippen molar-refractivity contribution in [1.29, 1.82) is 0 Å². The largest absolute Gasteiger partial charge is 0.505 e. The van der Waals surface area contributed by atoms with Gasteiger partial charge in [-0.2, -0.15) is 4.39 Å². The molecule has 18 heteroatoms. The molecule has 0 radical (unpaired) electrons. The van der Waals surface area contributed by atoms with E-state index in [1.54, 1.807) is 39.0 Å². The fraction of sp³-hybridized carbons (Fsp3) is 0.524. The number of fused-ring (bicyclic) bond motifs is 2. The number of rotatable bonds is 9. The number of phenols is 1. The first-order chi connectivity index (χ1) is 28.3. The number of ether oxygens (including phenoxy) is 1. The zero-order valence-corrected chi connectivity index (χ0v) is 34.9. The van der Waals surface area contributed by atoms with Gasteiger partial charge in [-0.25, -0.2) is 14.9 Å². The monoisotopic (exact) mass is 845 g/mol. The van der Waals surface area contributed by atoms with Crippen molar-refractivity contribution in [2.75, 3.05) is 20.7 Å². The summed E-state index contributed by atoms with van der Waals surface area (Å²) in [5.74, 6) is -11.4. The van der Waals surface area contributed by atoms with Gasteiger partial charge < -0.3 is 35.5 Å². The van der Waals surface area contributed by atoms with E-state index in [0.717, 1.165) is 16.1 Å². The number of cyclic esters (lactones) is 1. The lowest BCUT2D eigenvalue weighted by Crippen LogP contribution is -2.59. The second kappa shape index (κ2) is 22.9. The molecule has 0 spiro atoms. The Kier molecular flexibility index (Phi) is 18.7. The maximum absolute atomic E-state index is 14.7. The van der Waals surface area contributed by atoms with Crippen LogP contribution in [-0.2, 0) is 38.3 Å². The van der Waals surface area contributed by atoms with Gasteiger partial charge in [0.1, 0.15) is 30.0 Å². The standard InChI is InChI=1S/C42H57F2N5O11/c1-23(2)36-40(56)46-37(27-21-29(43)35(44)32(52)22-27)41(57)49-20-12-14-30(47-49)42(58)60-33(24(3)13-11-17-34(53)48(6)59-7)16-10-8-9-15-31(51)26(5)38(54)28(39(55)45-36)19-18-25(4)50/h8-11,13,15,17,21-23,26,28,30-31,33,36-38,47,51-52,54H,12,14,16,18-20H2,1-7H3,(H,45,55)(H,46,56)/b10-8+,15-9+,17-11+,24-13+/t26-,28+,30?,31-,33-,36-,37?,38+/m0/s1. The number of carbonyl (C=O) groups excluding carboxylic acids is 6. The van der Waals surface area contributed by atoms with Crippen LogP contribution in [0.15, 0.2) is 60.2 Å². The van der Waals surface area contributed by atoms with Crippen molar-refractivity contribution < 1.29 is 62.4 Å². The minimum absolute atomic E-state index is 0.000909. The quantitative estimate of drug-likeness (QED) is 0.0914. The van der Waals surface area contributed by atoms with E-state index in [0.29, 0.717) is 11.6 Å². The van der Waals surface area contributed by atoms with Crippen LogP contribution < -0.4 is 16.1 Å². The third-order valence-corrected chi connectivity index (χ3v) is 10.4. The van der Waals surface area contributed by atoms with E-state index in [1.807, 2.05) is 0 Å². The van der Waals surface area contributed by atoms with Crippen LogP contribution in [0.4, 0.5) is 8.78 Å². The summed E-state index contributed by atoms with van der Waals surface area (Å²) in [7, 11) is 2.75. The maximum Gasteiger partial charge on any atom is 0.325 e. The number of benzene rings is 1. The Bertz CT molecular complexity index is 1830. The minimum Gasteiger partial charge on any atom is -0.505 e. The third-order valence-electron chi connectivity index (χ3n) is 10.4. The molecule has 2 heterocycles. The molecule has 8 atom stereocenters. The number of aliphatic hydroxyl groups excluding tert-OH is 2. The van der Waals surface area contributed by atoms with Crippen LogP contribution in [-0.4, -0.2) is 112 Å². The van der Waals surface area contributed by atoms with Crippen molar-refractivity contribution in [3.05, 3.63) is 77.4 Å². The van der Waals surface area contributed by atoms with E-state index >= 15 is 0 Å². The molecule has 1 aromatic rings. The molecule has 3 rings (SSSR count). The van der Waals surface area contributed by atoms with Crippen LogP contribution in [0.1, 0.15) is 78.3 Å². The average molecular weight is 846 g/mol. The molecule has 4 amide bonds. The van der Waals surface area contributed by atoms with Gasteiger partial charge in [-0.05, 0) is 62.3 Å². The number of esters is 1. The number of Topliss-reactive ketones (excluding diaryl/α,β-unsaturated/α-hetero) is 1. The van der Waals surface area contributed by atoms with Gasteiger partial charge in [0, 0.05) is 38.4 Å². The summed E-state index contributed by atoms with van der Waals surface area (Å²) in [4.78, 5) is 85.0. The Morgan fingerprint density at radius 1 is 1.08 bits per heavy atom. The molecule has 0 aliphatic carbocycles. The van der Waals surface area contributed by atoms with Crippen molar-refractivity contribution in [2.24, 2.45) is 17.8 Å². The van der Waals surface area contributed by atoms with Crippen LogP contribution >= 0.6 is 0 Å². The Labute approximate surface area is 348 Å². The van der Waals surface area contributed by atoms with Crippen LogP contribution in [0.2, 0.25) is 0 Å². The van der Waals surface area contributed by atoms with Gasteiger partial charge in [0.15, 0.2) is 17.4 Å². The molecule has 6 N–H and O–H groups in total. The number of likely N-dealkylation sites (N-methyl/N-ethyl adjacent to an activating group) is 1. The lowest BCUT2D eigenvalue weighted by Gasteiger charge is -2.36. The number of nitrogens with one attached hydrogen (secondary N) is 3. The Morgan fingerprint density at radius 3 is 2.42 bits per heavy atom. The van der Waals surface area contributed by atoms with Gasteiger partial charge in [0.2, 0.25) is 11.8 Å². The van der Waals surface area contributed by atoms with Gasteiger partial charge in [0.25, 0.3) is 11.8 Å². The highest BCUT2D eigenvalue weighted by Gasteiger charge is 2.39. The number of aromatic hydroxyl groups is 1. The predicted octanol–water partition coefficient (Wildman–Crippen LogP) is 2.76. The second-order valence-corrected chi connectivity index (χ2v) is 15.3. The third kappa shape index (κ3) is 13.6. The zero-order valence-electron chi connectivity index (χ0n) is 34.9. The Balaban J connectivity index is 2.13. The van der Waals surface area contributed by atoms with Crippen LogP contribution in [0.5, 0.6) is 5.75 Å². The fourth-order valence-corrected chi connectivity index (χ4v) is 6.50. The molecule has 2 aliphatic heterocycles. The van der Waals surface area contributed by atoms with Gasteiger partial charge in [-0.3, -0.25) is 33.8 Å². The number of hydroxylamine groups is 2. The molecule has 330 valence electrons. The molecular formula is C42H57F2N5O11. The zero-order chi connectivity index (χ0) is 44.8. The maximum atomic E-state index is 14.7. The highest BCUT2D eigenvalue weighted by atomic mass is 19.2. The molecule has 0 aromatic heterocycles. The summed E-state index contributed by atoms with van der Waals surface area (Å²) in [6, 6.07) is -2.90. The molecule has 2 unspecified atom stereocenters. The number of hydrazine groups is 1. The minimum atomic E-state index is -1.80. The highest BCUT2D eigenvalue weighted by molar-refractivity contribution is 5.93. The van der Waals surface area contributed by atoms with Crippen LogP contribution in [0, 0.1) is 29.4 Å². The number of allylic oxidation sites excluding steroid dienone is 4. The number of halogens is 2. The summed E-state index contributed by atoms with van der Waals surface area (Å²) in [5.41, 5.74) is 2.97. The molecule has 2 bridgehead atoms. The molecule has 60 heavy (non-hydrogen) atoms. The van der Waals surface area contributed by atoms with Crippen molar-refractivity contribution in [1.82, 2.24) is 26.1 Å². The van der Waals surface area contributed by atoms with Crippen molar-refractivity contribution >= 4 is 35.4 Å². The van der Waals surface area contributed by atoms with E-state index in [9.17, 15) is 52.9 Å². The van der Waals surface area contributed by atoms with Crippen LogP contribution in [0.3, 0.4) is 0 Å². The first-order valence-corrected chi connectivity index (χ1v) is 19.7. The number of phenolic OH excluding ortho intramolecular Hbond substituents is 1. The number of aliphatic hydroxyl groups is 2. The number of hydrogen-bond donors (Lipinski definition) is 6. The number of nitrogens with zero attached hydrogens (tertiary/aromatic N) is 2. The Morgan fingerprint density at radius 2 is 1.78 bits per heavy atom. The average Bonchev–Trinajstić information content (AvgIpc) is 3.21. The van der Waals surface area contributed by atoms with Gasteiger partial charge in [-0.15, -0.1) is 0 Å². The summed E-state index contributed by atoms with van der Waals surface area (Å²) in [6.45, 7) is 7.66. The summed E-state index contributed by atoms with van der Waals surface area (Å²) < 4.78 is 34.9. The fourth-order valence-electron chi connectivity index (χ4n) is 6.50. The normalized spacial score (nSPS) is 27.9. The molecule has 16 nitrogen and oxygen atoms in total. The number of hydrogen-bond acceptors (Lipinski definition) is 12. The van der Waals surface area contributed by atoms with E-state index in [1.165, 1.54) is 52.3 Å². The molecule has 0 saturated carbocycles. The lowest BCUT2D eigenvalue weighted by atomic mass is 9.84. The first kappa shape index (κ1) is 49.1. The van der Waals surface area contributed by atoms with E-state index in [4.69, 9.17) is 9.57 Å². The van der Waals surface area contributed by atoms with Crippen molar-refractivity contribution in [3.8, 4) is 5.75 Å². The number of ketones is 1. The van der Waals surface area contributed by atoms with Gasteiger partial charge in [0.05, 0.1) is 25.2 Å². The van der Waals surface area contributed by atoms with Crippen molar-refractivity contribution in [3.63, 3.8) is 0 Å². The molecule has 1 aromatic carbocycles. The topological polar surface area (TPSA) is 224 Å².